The summed E-state index contributed by atoms with van der Waals surface area (Å²) in [6, 6.07) is 0.0980. The minimum atomic E-state index is -0.712. The molecular formula is C15H25NO4. The number of nitrogens with one attached hydrogen (secondary N) is 1. The van der Waals surface area contributed by atoms with Crippen LogP contribution in [0.5, 0.6) is 0 Å². The molecule has 114 valence electrons. The zero-order valence-electron chi connectivity index (χ0n) is 12.3. The first kappa shape index (κ1) is 15.3. The Balaban J connectivity index is 1.93. The van der Waals surface area contributed by atoms with Gasteiger partial charge >= 0.3 is 5.97 Å². The number of amides is 1. The lowest BCUT2D eigenvalue weighted by Crippen LogP contribution is -2.55. The van der Waals surface area contributed by atoms with Crippen LogP contribution < -0.4 is 5.32 Å². The molecule has 1 unspecified atom stereocenters. The molecule has 3 N–H and O–H groups in total. The van der Waals surface area contributed by atoms with Crippen molar-refractivity contribution in [3.05, 3.63) is 0 Å². The fourth-order valence-electron chi connectivity index (χ4n) is 3.78. The number of carbonyl (C=O) groups excluding carboxylic acids is 1. The first-order chi connectivity index (χ1) is 9.47. The standard InChI is InChI=1S/C15H25NO4/c1-3-15(4-2,8-17)14(20)16-12-7-9-5-10(13(18)19)6-11(9)12/h9-12,17H,3-8H2,1-2H3,(H,16,20)(H,18,19)/t9-,10?,11-,12+/m0/s1. The van der Waals surface area contributed by atoms with Crippen LogP contribution >= 0.6 is 0 Å². The number of carboxylic acid groups (broad SMARTS) is 1. The van der Waals surface area contributed by atoms with Crippen LogP contribution in [0.25, 0.3) is 0 Å². The van der Waals surface area contributed by atoms with Crippen molar-refractivity contribution < 1.29 is 19.8 Å². The van der Waals surface area contributed by atoms with Crippen molar-refractivity contribution in [3.8, 4) is 0 Å². The van der Waals surface area contributed by atoms with E-state index >= 15 is 0 Å². The van der Waals surface area contributed by atoms with Gasteiger partial charge in [-0.25, -0.2) is 0 Å². The summed E-state index contributed by atoms with van der Waals surface area (Å²) in [6.07, 6.45) is 3.54. The van der Waals surface area contributed by atoms with Gasteiger partial charge in [-0.1, -0.05) is 13.8 Å². The number of fused-ring (bicyclic) bond motifs is 1. The molecule has 0 spiro atoms. The lowest BCUT2D eigenvalue weighted by atomic mass is 9.70. The summed E-state index contributed by atoms with van der Waals surface area (Å²) in [4.78, 5) is 23.4. The molecule has 0 aromatic rings. The Morgan fingerprint density at radius 1 is 1.20 bits per heavy atom. The Morgan fingerprint density at radius 2 is 1.85 bits per heavy atom. The average molecular weight is 283 g/mol. The third-order valence-corrected chi connectivity index (χ3v) is 5.63. The molecule has 0 aromatic carbocycles. The molecule has 2 saturated carbocycles. The van der Waals surface area contributed by atoms with Crippen molar-refractivity contribution >= 4 is 11.9 Å². The molecule has 0 heterocycles. The highest BCUT2D eigenvalue weighted by atomic mass is 16.4. The molecule has 2 aliphatic rings. The lowest BCUT2D eigenvalue weighted by Gasteiger charge is -2.42. The van der Waals surface area contributed by atoms with Crippen LogP contribution in [0.2, 0.25) is 0 Å². The lowest BCUT2D eigenvalue weighted by molar-refractivity contribution is -0.141. The minimum Gasteiger partial charge on any atom is -0.481 e. The van der Waals surface area contributed by atoms with E-state index in [0.717, 1.165) is 12.8 Å². The topological polar surface area (TPSA) is 86.6 Å². The molecule has 1 amide bonds. The van der Waals surface area contributed by atoms with E-state index in [1.165, 1.54) is 0 Å². The van der Waals surface area contributed by atoms with Crippen LogP contribution in [0.15, 0.2) is 0 Å². The normalized spacial score (nSPS) is 32.4. The van der Waals surface area contributed by atoms with E-state index in [-0.39, 0.29) is 24.5 Å². The number of carbonyl (C=O) groups is 2. The highest BCUT2D eigenvalue weighted by molar-refractivity contribution is 5.83. The van der Waals surface area contributed by atoms with E-state index in [9.17, 15) is 14.7 Å². The first-order valence-electron chi connectivity index (χ1n) is 7.62. The summed E-state index contributed by atoms with van der Waals surface area (Å²) in [6.45, 7) is 3.70. The summed E-state index contributed by atoms with van der Waals surface area (Å²) in [5, 5.41) is 21.6. The number of aliphatic hydroxyl groups is 1. The maximum Gasteiger partial charge on any atom is 0.306 e. The minimum absolute atomic E-state index is 0.0766. The van der Waals surface area contributed by atoms with E-state index in [2.05, 4.69) is 5.32 Å². The fourth-order valence-corrected chi connectivity index (χ4v) is 3.78. The second kappa shape index (κ2) is 5.72. The van der Waals surface area contributed by atoms with E-state index < -0.39 is 11.4 Å². The predicted molar refractivity (Wildman–Crippen MR) is 74.0 cm³/mol. The van der Waals surface area contributed by atoms with Crippen molar-refractivity contribution in [1.29, 1.82) is 0 Å². The molecule has 0 radical (unpaired) electrons. The van der Waals surface area contributed by atoms with Crippen molar-refractivity contribution in [2.45, 2.75) is 52.0 Å². The van der Waals surface area contributed by atoms with Crippen molar-refractivity contribution in [1.82, 2.24) is 5.32 Å². The van der Waals surface area contributed by atoms with Crippen LogP contribution in [0.3, 0.4) is 0 Å². The molecular weight excluding hydrogens is 258 g/mol. The van der Waals surface area contributed by atoms with Crippen LogP contribution in [-0.2, 0) is 9.59 Å². The number of rotatable bonds is 6. The Morgan fingerprint density at radius 3 is 2.35 bits per heavy atom. The molecule has 2 aliphatic carbocycles. The van der Waals surface area contributed by atoms with Crippen molar-refractivity contribution in [2.24, 2.45) is 23.2 Å². The number of carboxylic acids is 1. The van der Waals surface area contributed by atoms with Crippen LogP contribution in [-0.4, -0.2) is 34.7 Å². The number of aliphatic hydroxyl groups excluding tert-OH is 1. The van der Waals surface area contributed by atoms with Crippen LogP contribution in [0.4, 0.5) is 0 Å². The van der Waals surface area contributed by atoms with Gasteiger partial charge in [0, 0.05) is 6.04 Å². The smallest absolute Gasteiger partial charge is 0.306 e. The quantitative estimate of drug-likeness (QED) is 0.687. The fraction of sp³-hybridized carbons (Fsp3) is 0.867. The Kier molecular flexibility index (Phi) is 4.37. The van der Waals surface area contributed by atoms with Gasteiger partial charge in [0.2, 0.25) is 5.91 Å². The molecule has 5 heteroatoms. The molecule has 20 heavy (non-hydrogen) atoms. The highest BCUT2D eigenvalue weighted by Crippen LogP contribution is 2.50. The molecule has 0 bridgehead atoms. The third-order valence-electron chi connectivity index (χ3n) is 5.63. The molecule has 2 fully saturated rings. The molecule has 5 nitrogen and oxygen atoms in total. The van der Waals surface area contributed by atoms with Gasteiger partial charge < -0.3 is 15.5 Å². The predicted octanol–water partition coefficient (Wildman–Crippen LogP) is 1.40. The molecule has 0 aromatic heterocycles. The maximum absolute atomic E-state index is 12.4. The zero-order valence-corrected chi connectivity index (χ0v) is 12.3. The second-order valence-electron chi connectivity index (χ2n) is 6.39. The third kappa shape index (κ3) is 2.43. The molecule has 4 atom stereocenters. The highest BCUT2D eigenvalue weighted by Gasteiger charge is 2.51. The first-order valence-corrected chi connectivity index (χ1v) is 7.62. The van der Waals surface area contributed by atoms with Gasteiger partial charge in [-0.15, -0.1) is 0 Å². The van der Waals surface area contributed by atoms with E-state index in [1.54, 1.807) is 0 Å². The van der Waals surface area contributed by atoms with Gasteiger partial charge in [-0.05, 0) is 43.9 Å². The van der Waals surface area contributed by atoms with Gasteiger partial charge in [0.25, 0.3) is 0 Å². The summed E-state index contributed by atoms with van der Waals surface area (Å²) >= 11 is 0. The van der Waals surface area contributed by atoms with Crippen molar-refractivity contribution in [2.75, 3.05) is 6.61 Å². The summed E-state index contributed by atoms with van der Waals surface area (Å²) < 4.78 is 0. The van der Waals surface area contributed by atoms with Gasteiger partial charge in [0.1, 0.15) is 0 Å². The Hall–Kier alpha value is -1.10. The number of hydrogen-bond donors (Lipinski definition) is 3. The van der Waals surface area contributed by atoms with Gasteiger partial charge in [-0.2, -0.15) is 0 Å². The Labute approximate surface area is 119 Å². The maximum atomic E-state index is 12.4. The van der Waals surface area contributed by atoms with Crippen LogP contribution in [0, 0.1) is 23.2 Å². The molecule has 2 rings (SSSR count). The molecule has 0 aliphatic heterocycles. The average Bonchev–Trinajstić information content (AvgIpc) is 2.76. The van der Waals surface area contributed by atoms with E-state index in [1.807, 2.05) is 13.8 Å². The number of hydrogen-bond acceptors (Lipinski definition) is 3. The summed E-state index contributed by atoms with van der Waals surface area (Å²) in [7, 11) is 0. The monoisotopic (exact) mass is 283 g/mol. The Bertz CT molecular complexity index is 383. The van der Waals surface area contributed by atoms with Crippen molar-refractivity contribution in [3.63, 3.8) is 0 Å². The summed E-state index contributed by atoms with van der Waals surface area (Å²) in [5.41, 5.74) is -0.685. The van der Waals surface area contributed by atoms with Gasteiger partial charge in [-0.3, -0.25) is 9.59 Å². The van der Waals surface area contributed by atoms with Gasteiger partial charge in [0.15, 0.2) is 0 Å². The van der Waals surface area contributed by atoms with Gasteiger partial charge in [0.05, 0.1) is 17.9 Å². The zero-order chi connectivity index (χ0) is 14.9. The SMILES string of the molecule is CCC(CC)(CO)C(=O)N[C@@H]1C[C@@H]2CC(C(=O)O)C[C@@H]21. The number of aliphatic carboxylic acids is 1. The molecule has 0 saturated heterocycles. The van der Waals surface area contributed by atoms with E-state index in [0.29, 0.717) is 31.1 Å². The van der Waals surface area contributed by atoms with Crippen LogP contribution in [0.1, 0.15) is 46.0 Å². The summed E-state index contributed by atoms with van der Waals surface area (Å²) in [5.74, 6) is -0.270. The largest absolute Gasteiger partial charge is 0.481 e. The van der Waals surface area contributed by atoms with E-state index in [4.69, 9.17) is 5.11 Å². The second-order valence-corrected chi connectivity index (χ2v) is 6.39.